The third kappa shape index (κ3) is 3.41. The number of ether oxygens (including phenoxy) is 1. The van der Waals surface area contributed by atoms with Crippen molar-refractivity contribution < 1.29 is 9.84 Å². The number of nitrogens with two attached hydrogens (primary N) is 1. The molecule has 1 heterocycles. The monoisotopic (exact) mass is 226 g/mol. The van der Waals surface area contributed by atoms with Gasteiger partial charge in [0.15, 0.2) is 5.82 Å². The van der Waals surface area contributed by atoms with Crippen LogP contribution in [0.4, 0.5) is 5.82 Å². The molecule has 6 heteroatoms. The second-order valence-electron chi connectivity index (χ2n) is 3.52. The van der Waals surface area contributed by atoms with E-state index in [0.717, 1.165) is 5.69 Å². The first-order valence-electron chi connectivity index (χ1n) is 5.07. The molecule has 0 aromatic carbocycles. The van der Waals surface area contributed by atoms with Gasteiger partial charge in [0, 0.05) is 39.6 Å². The van der Waals surface area contributed by atoms with Crippen molar-refractivity contribution in [3.8, 4) is 0 Å². The first kappa shape index (κ1) is 12.8. The predicted octanol–water partition coefficient (Wildman–Crippen LogP) is -0.621. The average Bonchev–Trinajstić information content (AvgIpc) is 2.29. The highest BCUT2D eigenvalue weighted by Crippen LogP contribution is 2.12. The van der Waals surface area contributed by atoms with E-state index in [0.29, 0.717) is 25.5 Å². The molecular weight excluding hydrogens is 208 g/mol. The van der Waals surface area contributed by atoms with Crippen molar-refractivity contribution in [3.05, 3.63) is 18.1 Å². The Morgan fingerprint density at radius 3 is 2.81 bits per heavy atom. The van der Waals surface area contributed by atoms with Crippen molar-refractivity contribution >= 4 is 5.82 Å². The fourth-order valence-corrected chi connectivity index (χ4v) is 1.47. The van der Waals surface area contributed by atoms with E-state index in [-0.39, 0.29) is 0 Å². The summed E-state index contributed by atoms with van der Waals surface area (Å²) in [6.07, 6.45) is 2.65. The highest BCUT2D eigenvalue weighted by atomic mass is 16.5. The van der Waals surface area contributed by atoms with Gasteiger partial charge >= 0.3 is 0 Å². The second kappa shape index (κ2) is 6.37. The number of anilines is 1. The summed E-state index contributed by atoms with van der Waals surface area (Å²) in [5.74, 6) is 0.695. The molecule has 1 aromatic heterocycles. The van der Waals surface area contributed by atoms with Crippen molar-refractivity contribution in [1.29, 1.82) is 0 Å². The highest BCUT2D eigenvalue weighted by molar-refractivity contribution is 5.42. The van der Waals surface area contributed by atoms with Gasteiger partial charge in [-0.2, -0.15) is 0 Å². The maximum absolute atomic E-state index is 9.60. The summed E-state index contributed by atoms with van der Waals surface area (Å²) >= 11 is 0. The minimum Gasteiger partial charge on any atom is -0.389 e. The molecule has 0 radical (unpaired) electrons. The van der Waals surface area contributed by atoms with E-state index in [9.17, 15) is 5.11 Å². The molecule has 0 bridgehead atoms. The zero-order valence-electron chi connectivity index (χ0n) is 9.63. The summed E-state index contributed by atoms with van der Waals surface area (Å²) in [5, 5.41) is 9.60. The minimum absolute atomic E-state index is 0.294. The van der Waals surface area contributed by atoms with Crippen LogP contribution in [-0.2, 0) is 11.3 Å². The fourth-order valence-electron chi connectivity index (χ4n) is 1.47. The molecule has 0 amide bonds. The topological polar surface area (TPSA) is 84.5 Å². The van der Waals surface area contributed by atoms with Crippen LogP contribution in [0.3, 0.4) is 0 Å². The number of hydrogen-bond donors (Lipinski definition) is 2. The van der Waals surface area contributed by atoms with E-state index in [4.69, 9.17) is 10.5 Å². The minimum atomic E-state index is -0.553. The number of aliphatic hydroxyl groups excluding tert-OH is 1. The van der Waals surface area contributed by atoms with Crippen LogP contribution in [0.15, 0.2) is 12.4 Å². The van der Waals surface area contributed by atoms with Gasteiger partial charge in [0.25, 0.3) is 0 Å². The molecule has 0 spiro atoms. The molecule has 0 fully saturated rings. The van der Waals surface area contributed by atoms with Crippen LogP contribution < -0.4 is 10.6 Å². The number of likely N-dealkylation sites (N-methyl/N-ethyl adjacent to an activating group) is 1. The van der Waals surface area contributed by atoms with Gasteiger partial charge in [-0.3, -0.25) is 4.98 Å². The van der Waals surface area contributed by atoms with Crippen LogP contribution in [0.25, 0.3) is 0 Å². The molecule has 1 aromatic rings. The van der Waals surface area contributed by atoms with Gasteiger partial charge in [0.1, 0.15) is 0 Å². The van der Waals surface area contributed by atoms with Crippen LogP contribution in [0.1, 0.15) is 5.69 Å². The lowest BCUT2D eigenvalue weighted by molar-refractivity contribution is 0.0694. The maximum atomic E-state index is 9.60. The van der Waals surface area contributed by atoms with Gasteiger partial charge in [-0.1, -0.05) is 0 Å². The predicted molar refractivity (Wildman–Crippen MR) is 61.1 cm³/mol. The van der Waals surface area contributed by atoms with E-state index in [2.05, 4.69) is 9.97 Å². The van der Waals surface area contributed by atoms with Gasteiger partial charge in [-0.25, -0.2) is 4.98 Å². The SMILES string of the molecule is COCC(O)CN(C)c1nccnc1CN. The standard InChI is InChI=1S/C10H18N4O2/c1-14(6-8(15)7-16-2)10-9(5-11)12-3-4-13-10/h3-4,8,15H,5-7,11H2,1-2H3. The van der Waals surface area contributed by atoms with E-state index in [1.54, 1.807) is 19.5 Å². The number of aliphatic hydroxyl groups is 1. The summed E-state index contributed by atoms with van der Waals surface area (Å²) in [4.78, 5) is 10.1. The molecule has 0 aliphatic rings. The summed E-state index contributed by atoms with van der Waals surface area (Å²) in [7, 11) is 3.39. The van der Waals surface area contributed by atoms with Crippen LogP contribution >= 0.6 is 0 Å². The van der Waals surface area contributed by atoms with Gasteiger partial charge in [-0.05, 0) is 0 Å². The van der Waals surface area contributed by atoms with Gasteiger partial charge in [-0.15, -0.1) is 0 Å². The molecule has 16 heavy (non-hydrogen) atoms. The third-order valence-electron chi connectivity index (χ3n) is 2.15. The summed E-state index contributed by atoms with van der Waals surface area (Å²) in [6, 6.07) is 0. The Labute approximate surface area is 95.1 Å². The quantitative estimate of drug-likeness (QED) is 0.672. The first-order valence-corrected chi connectivity index (χ1v) is 5.07. The largest absolute Gasteiger partial charge is 0.389 e. The zero-order valence-corrected chi connectivity index (χ0v) is 9.63. The fraction of sp³-hybridized carbons (Fsp3) is 0.600. The lowest BCUT2D eigenvalue weighted by Crippen LogP contribution is -2.33. The maximum Gasteiger partial charge on any atom is 0.151 e. The zero-order chi connectivity index (χ0) is 12.0. The summed E-state index contributed by atoms with van der Waals surface area (Å²) in [6.45, 7) is 1.05. The van der Waals surface area contributed by atoms with Crippen molar-refractivity contribution in [2.24, 2.45) is 5.73 Å². The normalized spacial score (nSPS) is 12.5. The summed E-state index contributed by atoms with van der Waals surface area (Å²) < 4.78 is 4.86. The Bertz CT molecular complexity index is 321. The Hall–Kier alpha value is -1.24. The Kier molecular flexibility index (Phi) is 5.10. The van der Waals surface area contributed by atoms with E-state index >= 15 is 0 Å². The number of aromatic nitrogens is 2. The molecule has 90 valence electrons. The number of hydrogen-bond acceptors (Lipinski definition) is 6. The molecular formula is C10H18N4O2. The Morgan fingerprint density at radius 1 is 1.50 bits per heavy atom. The average molecular weight is 226 g/mol. The lowest BCUT2D eigenvalue weighted by Gasteiger charge is -2.22. The van der Waals surface area contributed by atoms with Crippen molar-refractivity contribution in [2.75, 3.05) is 32.2 Å². The van der Waals surface area contributed by atoms with Gasteiger partial charge < -0.3 is 20.5 Å². The molecule has 0 aliphatic carbocycles. The Morgan fingerprint density at radius 2 is 2.19 bits per heavy atom. The van der Waals surface area contributed by atoms with Crippen molar-refractivity contribution in [2.45, 2.75) is 12.6 Å². The van der Waals surface area contributed by atoms with Crippen LogP contribution in [0.2, 0.25) is 0 Å². The molecule has 0 saturated heterocycles. The lowest BCUT2D eigenvalue weighted by atomic mass is 10.3. The van der Waals surface area contributed by atoms with Crippen molar-refractivity contribution in [1.82, 2.24) is 9.97 Å². The van der Waals surface area contributed by atoms with E-state index in [1.165, 1.54) is 0 Å². The second-order valence-corrected chi connectivity index (χ2v) is 3.52. The molecule has 1 rings (SSSR count). The number of nitrogens with zero attached hydrogens (tertiary/aromatic N) is 3. The molecule has 1 unspecified atom stereocenters. The molecule has 6 nitrogen and oxygen atoms in total. The van der Waals surface area contributed by atoms with Crippen molar-refractivity contribution in [3.63, 3.8) is 0 Å². The van der Waals surface area contributed by atoms with Crippen LogP contribution in [-0.4, -0.2) is 48.5 Å². The van der Waals surface area contributed by atoms with E-state index < -0.39 is 6.10 Å². The molecule has 1 atom stereocenters. The smallest absolute Gasteiger partial charge is 0.151 e. The number of methoxy groups -OCH3 is 1. The van der Waals surface area contributed by atoms with E-state index in [1.807, 2.05) is 11.9 Å². The third-order valence-corrected chi connectivity index (χ3v) is 2.15. The molecule has 0 saturated carbocycles. The first-order chi connectivity index (χ1) is 7.69. The van der Waals surface area contributed by atoms with Gasteiger partial charge in [0.05, 0.1) is 18.4 Å². The molecule has 3 N–H and O–H groups in total. The molecule has 0 aliphatic heterocycles. The Balaban J connectivity index is 2.68. The number of rotatable bonds is 6. The summed E-state index contributed by atoms with van der Waals surface area (Å²) in [5.41, 5.74) is 6.28. The highest BCUT2D eigenvalue weighted by Gasteiger charge is 2.12. The van der Waals surface area contributed by atoms with Gasteiger partial charge in [0.2, 0.25) is 0 Å². The van der Waals surface area contributed by atoms with Crippen LogP contribution in [0, 0.1) is 0 Å². The van der Waals surface area contributed by atoms with Crippen LogP contribution in [0.5, 0.6) is 0 Å².